The normalized spacial score (nSPS) is 11.9. The average molecular weight is 264 g/mol. The maximum Gasteiger partial charge on any atom is 0.260 e. The number of imidazole rings is 1. The van der Waals surface area contributed by atoms with Crippen molar-refractivity contribution in [2.24, 2.45) is 7.05 Å². The molecule has 1 heterocycles. The Morgan fingerprint density at radius 1 is 1.62 bits per heavy atom. The van der Waals surface area contributed by atoms with Gasteiger partial charge in [-0.25, -0.2) is 18.1 Å². The minimum atomic E-state index is -3.54. The summed E-state index contributed by atoms with van der Waals surface area (Å²) in [6.45, 7) is 0.411. The van der Waals surface area contributed by atoms with Crippen LogP contribution in [-0.2, 0) is 17.1 Å². The van der Waals surface area contributed by atoms with Gasteiger partial charge in [0.2, 0.25) is 0 Å². The lowest BCUT2D eigenvalue weighted by molar-refractivity contribution is 0.571. The Hall–Kier alpha value is -0.730. The number of hydrogen-bond acceptors (Lipinski definition) is 5. The van der Waals surface area contributed by atoms with Crippen LogP contribution in [0.5, 0.6) is 0 Å². The van der Waals surface area contributed by atoms with Gasteiger partial charge in [-0.05, 0) is 18.4 Å². The summed E-state index contributed by atoms with van der Waals surface area (Å²) in [6.07, 6.45) is 4.15. The fourth-order valence-corrected chi connectivity index (χ4v) is 2.99. The first-order valence-corrected chi connectivity index (χ1v) is 7.62. The number of nitrogens with two attached hydrogens (primary N) is 1. The van der Waals surface area contributed by atoms with Crippen molar-refractivity contribution >= 4 is 27.6 Å². The molecule has 1 aromatic rings. The summed E-state index contributed by atoms with van der Waals surface area (Å²) in [4.78, 5) is 3.74. The van der Waals surface area contributed by atoms with E-state index in [0.717, 1.165) is 12.2 Å². The molecule has 0 unspecified atom stereocenters. The van der Waals surface area contributed by atoms with Gasteiger partial charge in [0.1, 0.15) is 0 Å². The molecule has 3 N–H and O–H groups in total. The molecule has 8 heteroatoms. The van der Waals surface area contributed by atoms with Gasteiger partial charge in [0.15, 0.2) is 10.8 Å². The lowest BCUT2D eigenvalue weighted by Crippen LogP contribution is -2.27. The van der Waals surface area contributed by atoms with Crippen molar-refractivity contribution in [1.29, 1.82) is 0 Å². The molecule has 16 heavy (non-hydrogen) atoms. The second kappa shape index (κ2) is 5.55. The molecule has 92 valence electrons. The van der Waals surface area contributed by atoms with Gasteiger partial charge >= 0.3 is 0 Å². The molecule has 0 spiro atoms. The maximum absolute atomic E-state index is 11.8. The number of hydrogen-bond donors (Lipinski definition) is 2. The molecule has 0 fully saturated rings. The van der Waals surface area contributed by atoms with Crippen LogP contribution < -0.4 is 10.5 Å². The molecule has 0 aliphatic rings. The van der Waals surface area contributed by atoms with Crippen molar-refractivity contribution in [1.82, 2.24) is 14.3 Å². The second-order valence-corrected chi connectivity index (χ2v) is 5.96. The molecule has 0 radical (unpaired) electrons. The monoisotopic (exact) mass is 264 g/mol. The number of nitrogen functional groups attached to an aromatic ring is 1. The number of aromatic nitrogens is 2. The third-order valence-corrected chi connectivity index (χ3v) is 4.27. The zero-order valence-electron chi connectivity index (χ0n) is 9.30. The quantitative estimate of drug-likeness (QED) is 0.708. The highest BCUT2D eigenvalue weighted by molar-refractivity contribution is 7.98. The fraction of sp³-hybridized carbons (Fsp3) is 0.625. The number of rotatable bonds is 6. The third kappa shape index (κ3) is 3.13. The van der Waals surface area contributed by atoms with E-state index in [-0.39, 0.29) is 10.8 Å². The topological polar surface area (TPSA) is 90.0 Å². The molecule has 0 aromatic carbocycles. The Bertz CT molecular complexity index is 421. The summed E-state index contributed by atoms with van der Waals surface area (Å²) in [7, 11) is -1.95. The summed E-state index contributed by atoms with van der Waals surface area (Å²) in [6, 6.07) is 0. The Morgan fingerprint density at radius 3 is 2.81 bits per heavy atom. The van der Waals surface area contributed by atoms with Gasteiger partial charge in [0.25, 0.3) is 10.0 Å². The van der Waals surface area contributed by atoms with Crippen LogP contribution in [-0.4, -0.2) is 36.5 Å². The van der Waals surface area contributed by atoms with Crippen molar-refractivity contribution < 1.29 is 8.42 Å². The number of nitrogens with one attached hydrogen (secondary N) is 1. The highest BCUT2D eigenvalue weighted by atomic mass is 32.2. The molecular weight excluding hydrogens is 248 g/mol. The fourth-order valence-electron chi connectivity index (χ4n) is 1.26. The van der Waals surface area contributed by atoms with E-state index in [4.69, 9.17) is 5.73 Å². The molecule has 1 rings (SSSR count). The second-order valence-electron chi connectivity index (χ2n) is 3.29. The number of thioether (sulfide) groups is 1. The minimum Gasteiger partial charge on any atom is -0.381 e. The van der Waals surface area contributed by atoms with Crippen LogP contribution in [0.3, 0.4) is 0 Å². The van der Waals surface area contributed by atoms with Gasteiger partial charge in [0.05, 0.1) is 6.33 Å². The van der Waals surface area contributed by atoms with Gasteiger partial charge in [0, 0.05) is 13.6 Å². The number of sulfonamides is 1. The zero-order chi connectivity index (χ0) is 12.2. The van der Waals surface area contributed by atoms with Crippen molar-refractivity contribution in [2.45, 2.75) is 11.4 Å². The molecule has 0 saturated carbocycles. The summed E-state index contributed by atoms with van der Waals surface area (Å²) in [5.41, 5.74) is 5.50. The van der Waals surface area contributed by atoms with Crippen LogP contribution in [0.25, 0.3) is 0 Å². The van der Waals surface area contributed by atoms with E-state index in [1.807, 2.05) is 6.26 Å². The van der Waals surface area contributed by atoms with Crippen molar-refractivity contribution in [3.63, 3.8) is 0 Å². The van der Waals surface area contributed by atoms with E-state index >= 15 is 0 Å². The molecule has 0 atom stereocenters. The van der Waals surface area contributed by atoms with Crippen LogP contribution in [0.1, 0.15) is 6.42 Å². The molecule has 0 amide bonds. The molecule has 0 aliphatic carbocycles. The first kappa shape index (κ1) is 13.3. The van der Waals surface area contributed by atoms with Crippen LogP contribution >= 0.6 is 11.8 Å². The third-order valence-electron chi connectivity index (χ3n) is 1.98. The van der Waals surface area contributed by atoms with Gasteiger partial charge in [-0.3, -0.25) is 0 Å². The van der Waals surface area contributed by atoms with Crippen LogP contribution in [0.4, 0.5) is 5.82 Å². The van der Waals surface area contributed by atoms with Crippen LogP contribution in [0, 0.1) is 0 Å². The molecule has 1 aromatic heterocycles. The summed E-state index contributed by atoms with van der Waals surface area (Å²) in [5.74, 6) is 0.948. The molecule has 0 bridgehead atoms. The van der Waals surface area contributed by atoms with E-state index in [0.29, 0.717) is 6.54 Å². The highest BCUT2D eigenvalue weighted by Gasteiger charge is 2.21. The molecular formula is C8H16N4O2S2. The smallest absolute Gasteiger partial charge is 0.260 e. The first-order chi connectivity index (χ1) is 7.49. The largest absolute Gasteiger partial charge is 0.381 e. The van der Waals surface area contributed by atoms with Crippen molar-refractivity contribution in [2.75, 3.05) is 24.3 Å². The predicted octanol–water partition coefficient (Wildman–Crippen LogP) is 0.0337. The Morgan fingerprint density at radius 2 is 2.31 bits per heavy atom. The van der Waals surface area contributed by atoms with E-state index in [1.54, 1.807) is 18.8 Å². The number of anilines is 1. The maximum atomic E-state index is 11.8. The van der Waals surface area contributed by atoms with E-state index in [9.17, 15) is 8.42 Å². The molecule has 6 nitrogen and oxygen atoms in total. The molecule has 0 saturated heterocycles. The Kier molecular flexibility index (Phi) is 4.63. The first-order valence-electron chi connectivity index (χ1n) is 4.74. The van der Waals surface area contributed by atoms with E-state index in [2.05, 4.69) is 9.71 Å². The average Bonchev–Trinajstić information content (AvgIpc) is 2.54. The van der Waals surface area contributed by atoms with Gasteiger partial charge < -0.3 is 10.3 Å². The summed E-state index contributed by atoms with van der Waals surface area (Å²) >= 11 is 1.68. The standard InChI is InChI=1S/C8H16N4O2S2/c1-12-6-10-7(9)8(12)16(13,14)11-4-3-5-15-2/h6,11H,3-5,9H2,1-2H3. The van der Waals surface area contributed by atoms with Crippen molar-refractivity contribution in [3.05, 3.63) is 6.33 Å². The van der Waals surface area contributed by atoms with Crippen molar-refractivity contribution in [3.8, 4) is 0 Å². The highest BCUT2D eigenvalue weighted by Crippen LogP contribution is 2.14. The van der Waals surface area contributed by atoms with Crippen LogP contribution in [0.2, 0.25) is 0 Å². The van der Waals surface area contributed by atoms with Crippen LogP contribution in [0.15, 0.2) is 11.4 Å². The Labute approximate surface area is 99.7 Å². The predicted molar refractivity (Wildman–Crippen MR) is 65.8 cm³/mol. The number of nitrogens with zero attached hydrogens (tertiary/aromatic N) is 2. The van der Waals surface area contributed by atoms with Gasteiger partial charge in [-0.2, -0.15) is 11.8 Å². The summed E-state index contributed by atoms with van der Waals surface area (Å²) < 4.78 is 27.6. The summed E-state index contributed by atoms with van der Waals surface area (Å²) in [5, 5.41) is 0.0247. The minimum absolute atomic E-state index is 0.0247. The Balaban J connectivity index is 2.71. The van der Waals surface area contributed by atoms with Gasteiger partial charge in [-0.15, -0.1) is 0 Å². The zero-order valence-corrected chi connectivity index (χ0v) is 10.9. The molecule has 0 aliphatic heterocycles. The van der Waals surface area contributed by atoms with E-state index in [1.165, 1.54) is 10.9 Å². The van der Waals surface area contributed by atoms with Gasteiger partial charge in [-0.1, -0.05) is 0 Å². The number of aryl methyl sites for hydroxylation is 1. The lowest BCUT2D eigenvalue weighted by Gasteiger charge is -2.07. The van der Waals surface area contributed by atoms with E-state index < -0.39 is 10.0 Å². The lowest BCUT2D eigenvalue weighted by atomic mass is 10.5. The SMILES string of the molecule is CSCCCNS(=O)(=O)c1c(N)ncn1C.